The Kier molecular flexibility index (Phi) is 3.30. The minimum Gasteiger partial charge on any atom is -0.338 e. The molecule has 0 bridgehead atoms. The Bertz CT molecular complexity index is 218. The van der Waals surface area contributed by atoms with Gasteiger partial charge < -0.3 is 10.2 Å². The number of carbonyl (C=O) groups excluding carboxylic acids is 1. The SMILES string of the molecule is CC1CN(C(=O)C2CSCN2)CCN1. The summed E-state index contributed by atoms with van der Waals surface area (Å²) in [6, 6.07) is 0.493. The predicted octanol–water partition coefficient (Wildman–Crippen LogP) is -0.531. The molecular weight excluding hydrogens is 198 g/mol. The number of thioether (sulfide) groups is 1. The second kappa shape index (κ2) is 4.51. The highest BCUT2D eigenvalue weighted by Gasteiger charge is 2.29. The second-order valence-corrected chi connectivity index (χ2v) is 4.94. The van der Waals surface area contributed by atoms with E-state index in [9.17, 15) is 4.79 Å². The average molecular weight is 215 g/mol. The van der Waals surface area contributed by atoms with Crippen LogP contribution in [0.5, 0.6) is 0 Å². The van der Waals surface area contributed by atoms with Gasteiger partial charge in [-0.1, -0.05) is 0 Å². The minimum atomic E-state index is 0.0605. The van der Waals surface area contributed by atoms with E-state index in [4.69, 9.17) is 0 Å². The van der Waals surface area contributed by atoms with Gasteiger partial charge in [0.15, 0.2) is 0 Å². The molecule has 5 heteroatoms. The van der Waals surface area contributed by atoms with Crippen molar-refractivity contribution in [3.05, 3.63) is 0 Å². The Morgan fingerprint density at radius 1 is 1.50 bits per heavy atom. The van der Waals surface area contributed by atoms with E-state index in [1.165, 1.54) is 0 Å². The van der Waals surface area contributed by atoms with Crippen molar-refractivity contribution in [2.24, 2.45) is 0 Å². The number of carbonyl (C=O) groups is 1. The molecule has 2 saturated heterocycles. The first-order valence-electron chi connectivity index (χ1n) is 5.10. The van der Waals surface area contributed by atoms with Crippen molar-refractivity contribution in [2.75, 3.05) is 31.3 Å². The maximum atomic E-state index is 12.0. The average Bonchev–Trinajstić information content (AvgIpc) is 2.69. The van der Waals surface area contributed by atoms with Crippen LogP contribution in [-0.4, -0.2) is 54.2 Å². The van der Waals surface area contributed by atoms with Crippen LogP contribution in [0.2, 0.25) is 0 Å². The van der Waals surface area contributed by atoms with Crippen LogP contribution in [0.4, 0.5) is 0 Å². The zero-order valence-corrected chi connectivity index (χ0v) is 9.27. The second-order valence-electron chi connectivity index (χ2n) is 3.91. The smallest absolute Gasteiger partial charge is 0.240 e. The molecule has 2 aliphatic rings. The van der Waals surface area contributed by atoms with Crippen molar-refractivity contribution in [1.29, 1.82) is 0 Å². The minimum absolute atomic E-state index is 0.0605. The van der Waals surface area contributed by atoms with E-state index in [1.54, 1.807) is 11.8 Å². The van der Waals surface area contributed by atoms with Gasteiger partial charge in [0, 0.05) is 37.3 Å². The maximum absolute atomic E-state index is 12.0. The number of rotatable bonds is 1. The Labute approximate surface area is 88.8 Å². The van der Waals surface area contributed by atoms with Crippen molar-refractivity contribution < 1.29 is 4.79 Å². The largest absolute Gasteiger partial charge is 0.338 e. The fraction of sp³-hybridized carbons (Fsp3) is 0.889. The van der Waals surface area contributed by atoms with E-state index >= 15 is 0 Å². The normalized spacial score (nSPS) is 33.4. The van der Waals surface area contributed by atoms with E-state index < -0.39 is 0 Å². The molecule has 4 nitrogen and oxygen atoms in total. The number of amides is 1. The highest BCUT2D eigenvalue weighted by atomic mass is 32.2. The van der Waals surface area contributed by atoms with Gasteiger partial charge in [0.1, 0.15) is 0 Å². The lowest BCUT2D eigenvalue weighted by molar-refractivity contribution is -0.133. The monoisotopic (exact) mass is 215 g/mol. The summed E-state index contributed by atoms with van der Waals surface area (Å²) >= 11 is 1.80. The van der Waals surface area contributed by atoms with Crippen molar-refractivity contribution in [3.63, 3.8) is 0 Å². The molecule has 2 fully saturated rings. The van der Waals surface area contributed by atoms with Gasteiger partial charge in [-0.05, 0) is 6.92 Å². The summed E-state index contributed by atoms with van der Waals surface area (Å²) in [7, 11) is 0. The Morgan fingerprint density at radius 2 is 2.36 bits per heavy atom. The third kappa shape index (κ3) is 2.21. The standard InChI is InChI=1S/C9H17N3OS/c1-7-4-12(3-2-10-7)9(13)8-5-14-6-11-8/h7-8,10-11H,2-6H2,1H3. The van der Waals surface area contributed by atoms with Gasteiger partial charge in [-0.3, -0.25) is 10.1 Å². The number of nitrogens with zero attached hydrogens (tertiary/aromatic N) is 1. The molecule has 0 radical (unpaired) electrons. The van der Waals surface area contributed by atoms with Crippen LogP contribution >= 0.6 is 11.8 Å². The molecule has 0 spiro atoms. The zero-order chi connectivity index (χ0) is 9.97. The predicted molar refractivity (Wildman–Crippen MR) is 58.3 cm³/mol. The third-order valence-corrected chi connectivity index (χ3v) is 3.63. The molecule has 80 valence electrons. The van der Waals surface area contributed by atoms with Crippen LogP contribution in [0.15, 0.2) is 0 Å². The first-order chi connectivity index (χ1) is 6.77. The van der Waals surface area contributed by atoms with Crippen LogP contribution in [0.3, 0.4) is 0 Å². The van der Waals surface area contributed by atoms with Crippen LogP contribution in [0.1, 0.15) is 6.92 Å². The van der Waals surface area contributed by atoms with E-state index in [0.717, 1.165) is 31.3 Å². The van der Waals surface area contributed by atoms with Crippen LogP contribution in [0.25, 0.3) is 0 Å². The van der Waals surface area contributed by atoms with Crippen molar-refractivity contribution in [1.82, 2.24) is 15.5 Å². The number of nitrogens with one attached hydrogen (secondary N) is 2. The summed E-state index contributed by atoms with van der Waals surface area (Å²) in [5.74, 6) is 2.12. The zero-order valence-electron chi connectivity index (χ0n) is 8.45. The molecule has 1 amide bonds. The molecule has 0 aromatic rings. The Balaban J connectivity index is 1.89. The van der Waals surface area contributed by atoms with Gasteiger partial charge >= 0.3 is 0 Å². The van der Waals surface area contributed by atoms with E-state index in [2.05, 4.69) is 17.6 Å². The van der Waals surface area contributed by atoms with Gasteiger partial charge in [0.2, 0.25) is 5.91 Å². The summed E-state index contributed by atoms with van der Waals surface area (Å²) < 4.78 is 0. The highest BCUT2D eigenvalue weighted by Crippen LogP contribution is 2.12. The van der Waals surface area contributed by atoms with Gasteiger partial charge in [-0.2, -0.15) is 0 Å². The topological polar surface area (TPSA) is 44.4 Å². The number of hydrogen-bond acceptors (Lipinski definition) is 4. The Hall–Kier alpha value is -0.260. The van der Waals surface area contributed by atoms with Gasteiger partial charge in [0.05, 0.1) is 6.04 Å². The lowest BCUT2D eigenvalue weighted by Crippen LogP contribution is -2.55. The molecule has 2 atom stereocenters. The third-order valence-electron chi connectivity index (χ3n) is 2.69. The van der Waals surface area contributed by atoms with Crippen LogP contribution < -0.4 is 10.6 Å². The fourth-order valence-corrected chi connectivity index (χ4v) is 2.84. The molecule has 0 aromatic heterocycles. The van der Waals surface area contributed by atoms with E-state index in [-0.39, 0.29) is 11.9 Å². The molecule has 14 heavy (non-hydrogen) atoms. The number of piperazine rings is 1. The first-order valence-corrected chi connectivity index (χ1v) is 6.26. The summed E-state index contributed by atoms with van der Waals surface area (Å²) in [6.45, 7) is 4.75. The lowest BCUT2D eigenvalue weighted by atomic mass is 10.2. The van der Waals surface area contributed by atoms with Crippen molar-refractivity contribution in [2.45, 2.75) is 19.0 Å². The van der Waals surface area contributed by atoms with Gasteiger partial charge in [-0.15, -0.1) is 11.8 Å². The van der Waals surface area contributed by atoms with Crippen LogP contribution in [0, 0.1) is 0 Å². The lowest BCUT2D eigenvalue weighted by Gasteiger charge is -2.33. The first kappa shape index (κ1) is 10.3. The molecule has 0 aromatic carbocycles. The van der Waals surface area contributed by atoms with Crippen molar-refractivity contribution in [3.8, 4) is 0 Å². The maximum Gasteiger partial charge on any atom is 0.240 e. The molecule has 0 saturated carbocycles. The fourth-order valence-electron chi connectivity index (χ4n) is 1.91. The molecule has 2 aliphatic heterocycles. The summed E-state index contributed by atoms with van der Waals surface area (Å²) in [4.78, 5) is 13.9. The van der Waals surface area contributed by atoms with E-state index in [1.807, 2.05) is 4.90 Å². The summed E-state index contributed by atoms with van der Waals surface area (Å²) in [6.07, 6.45) is 0. The van der Waals surface area contributed by atoms with E-state index in [0.29, 0.717) is 6.04 Å². The van der Waals surface area contributed by atoms with Gasteiger partial charge in [0.25, 0.3) is 0 Å². The molecule has 0 aliphatic carbocycles. The molecule has 2 unspecified atom stereocenters. The molecule has 2 N–H and O–H groups in total. The molecular formula is C9H17N3OS. The summed E-state index contributed by atoms with van der Waals surface area (Å²) in [5, 5.41) is 6.56. The van der Waals surface area contributed by atoms with Crippen LogP contribution in [-0.2, 0) is 4.79 Å². The van der Waals surface area contributed by atoms with Crippen molar-refractivity contribution >= 4 is 17.7 Å². The summed E-state index contributed by atoms with van der Waals surface area (Å²) in [5.41, 5.74) is 0. The Morgan fingerprint density at radius 3 is 3.00 bits per heavy atom. The highest BCUT2D eigenvalue weighted by molar-refractivity contribution is 7.99. The van der Waals surface area contributed by atoms with Gasteiger partial charge in [-0.25, -0.2) is 0 Å². The molecule has 2 heterocycles. The quantitative estimate of drug-likeness (QED) is 0.617. The number of hydrogen-bond donors (Lipinski definition) is 2. The molecule has 2 rings (SSSR count).